The van der Waals surface area contributed by atoms with Crippen LogP contribution < -0.4 is 5.73 Å². The molecule has 0 spiro atoms. The Bertz CT molecular complexity index is 586. The van der Waals surface area contributed by atoms with E-state index in [1.807, 2.05) is 24.3 Å². The van der Waals surface area contributed by atoms with Crippen LogP contribution in [0.25, 0.3) is 0 Å². The van der Waals surface area contributed by atoms with E-state index in [-0.39, 0.29) is 5.82 Å². The van der Waals surface area contributed by atoms with E-state index in [0.29, 0.717) is 0 Å². The van der Waals surface area contributed by atoms with Crippen molar-refractivity contribution in [3.05, 3.63) is 63.9 Å². The molecule has 0 atom stereocenters. The standard InChI is InChI=1S/C16H18BrFN2/c1-2-20(10-12-4-3-5-15(19)8-12)11-13-6-7-14(18)9-16(13)17/h3-9H,2,10-11,19H2,1H3. The van der Waals surface area contributed by atoms with Gasteiger partial charge in [-0.3, -0.25) is 4.90 Å². The lowest BCUT2D eigenvalue weighted by Crippen LogP contribution is -2.22. The molecular weight excluding hydrogens is 319 g/mol. The summed E-state index contributed by atoms with van der Waals surface area (Å²) < 4.78 is 13.9. The highest BCUT2D eigenvalue weighted by Gasteiger charge is 2.08. The third kappa shape index (κ3) is 4.05. The molecule has 0 saturated heterocycles. The van der Waals surface area contributed by atoms with E-state index in [1.165, 1.54) is 17.7 Å². The minimum Gasteiger partial charge on any atom is -0.399 e. The lowest BCUT2D eigenvalue weighted by molar-refractivity contribution is 0.271. The topological polar surface area (TPSA) is 29.3 Å². The molecule has 2 nitrogen and oxygen atoms in total. The molecule has 0 radical (unpaired) electrons. The van der Waals surface area contributed by atoms with Crippen LogP contribution in [0.2, 0.25) is 0 Å². The van der Waals surface area contributed by atoms with Crippen molar-refractivity contribution in [3.8, 4) is 0 Å². The zero-order chi connectivity index (χ0) is 14.5. The maximum absolute atomic E-state index is 13.1. The van der Waals surface area contributed by atoms with Crippen LogP contribution in [0.4, 0.5) is 10.1 Å². The van der Waals surface area contributed by atoms with Crippen molar-refractivity contribution in [3.63, 3.8) is 0 Å². The second kappa shape index (κ2) is 6.86. The fourth-order valence-corrected chi connectivity index (χ4v) is 2.60. The van der Waals surface area contributed by atoms with E-state index in [1.54, 1.807) is 0 Å². The Morgan fingerprint density at radius 3 is 2.60 bits per heavy atom. The van der Waals surface area contributed by atoms with Crippen LogP contribution in [0.3, 0.4) is 0 Å². The van der Waals surface area contributed by atoms with Crippen LogP contribution in [-0.4, -0.2) is 11.4 Å². The number of nitrogens with two attached hydrogens (primary N) is 1. The second-order valence-corrected chi connectivity index (χ2v) is 5.64. The van der Waals surface area contributed by atoms with E-state index < -0.39 is 0 Å². The molecule has 2 N–H and O–H groups in total. The van der Waals surface area contributed by atoms with Gasteiger partial charge in [-0.1, -0.05) is 41.1 Å². The summed E-state index contributed by atoms with van der Waals surface area (Å²) in [4.78, 5) is 2.28. The van der Waals surface area contributed by atoms with Crippen molar-refractivity contribution in [2.45, 2.75) is 20.0 Å². The minimum atomic E-state index is -0.223. The Labute approximate surface area is 127 Å². The van der Waals surface area contributed by atoms with Gasteiger partial charge in [-0.25, -0.2) is 4.39 Å². The van der Waals surface area contributed by atoms with E-state index in [9.17, 15) is 4.39 Å². The van der Waals surface area contributed by atoms with Crippen LogP contribution in [0.15, 0.2) is 46.9 Å². The predicted molar refractivity (Wildman–Crippen MR) is 84.7 cm³/mol. The van der Waals surface area contributed by atoms with Crippen LogP contribution >= 0.6 is 15.9 Å². The minimum absolute atomic E-state index is 0.223. The van der Waals surface area contributed by atoms with Gasteiger partial charge in [0.25, 0.3) is 0 Å². The Balaban J connectivity index is 2.09. The number of nitrogens with zero attached hydrogens (tertiary/aromatic N) is 1. The molecule has 0 saturated carbocycles. The van der Waals surface area contributed by atoms with Gasteiger partial charge in [-0.15, -0.1) is 0 Å². The molecule has 0 aliphatic rings. The Hall–Kier alpha value is -1.39. The molecule has 2 aromatic rings. The molecular formula is C16H18BrFN2. The summed E-state index contributed by atoms with van der Waals surface area (Å²) in [5.74, 6) is -0.223. The molecule has 106 valence electrons. The van der Waals surface area contributed by atoms with Crippen molar-refractivity contribution in [2.75, 3.05) is 12.3 Å². The average molecular weight is 337 g/mol. The van der Waals surface area contributed by atoms with Gasteiger partial charge in [0.1, 0.15) is 5.82 Å². The molecule has 2 rings (SSSR count). The van der Waals surface area contributed by atoms with Gasteiger partial charge in [0.2, 0.25) is 0 Å². The lowest BCUT2D eigenvalue weighted by Gasteiger charge is -2.21. The maximum Gasteiger partial charge on any atom is 0.124 e. The first kappa shape index (κ1) is 15.0. The maximum atomic E-state index is 13.1. The smallest absolute Gasteiger partial charge is 0.124 e. The van der Waals surface area contributed by atoms with Crippen LogP contribution in [0.5, 0.6) is 0 Å². The Morgan fingerprint density at radius 2 is 1.95 bits per heavy atom. The van der Waals surface area contributed by atoms with Crippen molar-refractivity contribution < 1.29 is 4.39 Å². The van der Waals surface area contributed by atoms with Gasteiger partial charge < -0.3 is 5.73 Å². The lowest BCUT2D eigenvalue weighted by atomic mass is 10.1. The van der Waals surface area contributed by atoms with Gasteiger partial charge in [-0.2, -0.15) is 0 Å². The molecule has 0 aromatic heterocycles. The first-order valence-electron chi connectivity index (χ1n) is 6.59. The fourth-order valence-electron chi connectivity index (χ4n) is 2.12. The summed E-state index contributed by atoms with van der Waals surface area (Å²) in [6, 6.07) is 12.7. The number of rotatable bonds is 5. The number of benzene rings is 2. The zero-order valence-corrected chi connectivity index (χ0v) is 13.0. The third-order valence-corrected chi connectivity index (χ3v) is 3.95. The summed E-state index contributed by atoms with van der Waals surface area (Å²) >= 11 is 3.42. The molecule has 0 amide bonds. The number of nitrogen functional groups attached to an aromatic ring is 1. The highest BCUT2D eigenvalue weighted by Crippen LogP contribution is 2.20. The van der Waals surface area contributed by atoms with Crippen molar-refractivity contribution >= 4 is 21.6 Å². The van der Waals surface area contributed by atoms with Gasteiger partial charge in [0, 0.05) is 23.2 Å². The summed E-state index contributed by atoms with van der Waals surface area (Å²) in [6.45, 7) is 4.62. The third-order valence-electron chi connectivity index (χ3n) is 3.21. The van der Waals surface area contributed by atoms with Crippen LogP contribution in [-0.2, 0) is 13.1 Å². The summed E-state index contributed by atoms with van der Waals surface area (Å²) in [7, 11) is 0. The number of hydrogen-bond acceptors (Lipinski definition) is 2. The van der Waals surface area contributed by atoms with E-state index in [0.717, 1.165) is 35.4 Å². The molecule has 2 aromatic carbocycles. The van der Waals surface area contributed by atoms with Gasteiger partial charge >= 0.3 is 0 Å². The predicted octanol–water partition coefficient (Wildman–Crippen LogP) is 4.19. The Morgan fingerprint density at radius 1 is 1.15 bits per heavy atom. The van der Waals surface area contributed by atoms with Crippen molar-refractivity contribution in [2.24, 2.45) is 0 Å². The fraction of sp³-hybridized carbons (Fsp3) is 0.250. The second-order valence-electron chi connectivity index (χ2n) is 4.78. The number of hydrogen-bond donors (Lipinski definition) is 1. The average Bonchev–Trinajstić information content (AvgIpc) is 2.41. The highest BCUT2D eigenvalue weighted by molar-refractivity contribution is 9.10. The monoisotopic (exact) mass is 336 g/mol. The van der Waals surface area contributed by atoms with Crippen molar-refractivity contribution in [1.29, 1.82) is 0 Å². The quantitative estimate of drug-likeness (QED) is 0.829. The molecule has 4 heteroatoms. The molecule has 0 heterocycles. The molecule has 0 unspecified atom stereocenters. The van der Waals surface area contributed by atoms with E-state index in [4.69, 9.17) is 5.73 Å². The molecule has 0 aliphatic carbocycles. The van der Waals surface area contributed by atoms with Gasteiger partial charge in [0.15, 0.2) is 0 Å². The van der Waals surface area contributed by atoms with Crippen molar-refractivity contribution in [1.82, 2.24) is 4.90 Å². The SMILES string of the molecule is CCN(Cc1cccc(N)c1)Cc1ccc(F)cc1Br. The largest absolute Gasteiger partial charge is 0.399 e. The highest BCUT2D eigenvalue weighted by atomic mass is 79.9. The first-order valence-corrected chi connectivity index (χ1v) is 7.38. The molecule has 0 fully saturated rings. The summed E-state index contributed by atoms with van der Waals surface area (Å²) in [5, 5.41) is 0. The van der Waals surface area contributed by atoms with Crippen LogP contribution in [0, 0.1) is 5.82 Å². The summed E-state index contributed by atoms with van der Waals surface area (Å²) in [5.41, 5.74) is 8.85. The normalized spacial score (nSPS) is 11.0. The number of anilines is 1. The van der Waals surface area contributed by atoms with E-state index >= 15 is 0 Å². The van der Waals surface area contributed by atoms with E-state index in [2.05, 4.69) is 33.8 Å². The van der Waals surface area contributed by atoms with Gasteiger partial charge in [0.05, 0.1) is 0 Å². The molecule has 0 aliphatic heterocycles. The summed E-state index contributed by atoms with van der Waals surface area (Å²) in [6.07, 6.45) is 0. The number of halogens is 2. The molecule has 0 bridgehead atoms. The zero-order valence-electron chi connectivity index (χ0n) is 11.4. The van der Waals surface area contributed by atoms with Crippen LogP contribution in [0.1, 0.15) is 18.1 Å². The Kier molecular flexibility index (Phi) is 5.15. The molecule has 20 heavy (non-hydrogen) atoms. The first-order chi connectivity index (χ1) is 9.58. The van der Waals surface area contributed by atoms with Gasteiger partial charge in [-0.05, 0) is 41.9 Å².